The summed E-state index contributed by atoms with van der Waals surface area (Å²) in [6.07, 6.45) is 0. The van der Waals surface area contributed by atoms with Crippen LogP contribution >= 0.6 is 11.6 Å². The maximum Gasteiger partial charge on any atom is 0.231 e. The van der Waals surface area contributed by atoms with Crippen LogP contribution in [0.5, 0.6) is 5.75 Å². The third kappa shape index (κ3) is 3.13. The molecule has 15 heavy (non-hydrogen) atoms. The molecule has 1 rings (SSSR count). The van der Waals surface area contributed by atoms with Crippen molar-refractivity contribution in [3.8, 4) is 5.75 Å². The van der Waals surface area contributed by atoms with Crippen molar-refractivity contribution in [2.45, 2.75) is 13.8 Å². The minimum atomic E-state index is -0.598. The van der Waals surface area contributed by atoms with Crippen LogP contribution in [-0.2, 0) is 4.79 Å². The number of hydrogen-bond donors (Lipinski definition) is 2. The molecular formula is C11H14ClNO2. The second-order valence-corrected chi connectivity index (χ2v) is 4.29. The molecule has 1 aromatic rings. The second kappa shape index (κ2) is 4.53. The van der Waals surface area contributed by atoms with E-state index in [0.717, 1.165) is 0 Å². The fraction of sp³-hybridized carbons (Fsp3) is 0.364. The Bertz CT molecular complexity index is 346. The van der Waals surface area contributed by atoms with Crippen molar-refractivity contribution >= 4 is 23.2 Å². The lowest BCUT2D eigenvalue weighted by Gasteiger charge is -2.20. The van der Waals surface area contributed by atoms with Crippen molar-refractivity contribution in [1.29, 1.82) is 0 Å². The van der Waals surface area contributed by atoms with Crippen molar-refractivity contribution < 1.29 is 9.90 Å². The molecule has 3 nitrogen and oxygen atoms in total. The van der Waals surface area contributed by atoms with Crippen molar-refractivity contribution in [2.24, 2.45) is 5.41 Å². The van der Waals surface area contributed by atoms with Crippen molar-refractivity contribution in [3.63, 3.8) is 0 Å². The molecule has 1 amide bonds. The summed E-state index contributed by atoms with van der Waals surface area (Å²) >= 11 is 5.68. The number of carbonyl (C=O) groups excluding carboxylic acids is 1. The zero-order valence-corrected chi connectivity index (χ0v) is 9.51. The molecule has 1 aromatic carbocycles. The number of halogens is 1. The minimum Gasteiger partial charge on any atom is -0.508 e. The van der Waals surface area contributed by atoms with Crippen molar-refractivity contribution in [2.75, 3.05) is 11.2 Å². The molecule has 0 aliphatic carbocycles. The molecule has 2 N–H and O–H groups in total. The highest BCUT2D eigenvalue weighted by molar-refractivity contribution is 6.20. The normalized spacial score (nSPS) is 11.1. The highest BCUT2D eigenvalue weighted by atomic mass is 35.5. The van der Waals surface area contributed by atoms with Crippen LogP contribution in [0.1, 0.15) is 13.8 Å². The van der Waals surface area contributed by atoms with Gasteiger partial charge in [0.2, 0.25) is 5.91 Å². The van der Waals surface area contributed by atoms with Crippen molar-refractivity contribution in [3.05, 3.63) is 24.3 Å². The zero-order valence-electron chi connectivity index (χ0n) is 8.75. The van der Waals surface area contributed by atoms with Crippen LogP contribution in [0.4, 0.5) is 5.69 Å². The van der Waals surface area contributed by atoms with E-state index in [-0.39, 0.29) is 17.5 Å². The number of anilines is 1. The smallest absolute Gasteiger partial charge is 0.231 e. The SMILES string of the molecule is CC(C)(CCl)C(=O)Nc1ccc(O)cc1. The molecule has 0 saturated heterocycles. The number of nitrogens with one attached hydrogen (secondary N) is 1. The molecule has 0 spiro atoms. The summed E-state index contributed by atoms with van der Waals surface area (Å²) in [6.45, 7) is 3.55. The number of phenolic OH excluding ortho intramolecular Hbond substituents is 1. The first-order chi connectivity index (χ1) is 6.95. The first-order valence-electron chi connectivity index (χ1n) is 4.62. The van der Waals surface area contributed by atoms with E-state index in [4.69, 9.17) is 16.7 Å². The Hall–Kier alpha value is -1.22. The van der Waals surface area contributed by atoms with Crippen LogP contribution in [0.25, 0.3) is 0 Å². The van der Waals surface area contributed by atoms with Gasteiger partial charge in [-0.15, -0.1) is 11.6 Å². The van der Waals surface area contributed by atoms with E-state index < -0.39 is 5.41 Å². The summed E-state index contributed by atoms with van der Waals surface area (Å²) in [5.74, 6) is 0.296. The summed E-state index contributed by atoms with van der Waals surface area (Å²) in [5.41, 5.74) is 0.0513. The number of alkyl halides is 1. The van der Waals surface area contributed by atoms with Gasteiger partial charge in [-0.2, -0.15) is 0 Å². The monoisotopic (exact) mass is 227 g/mol. The summed E-state index contributed by atoms with van der Waals surface area (Å²) in [7, 11) is 0. The van der Waals surface area contributed by atoms with Gasteiger partial charge in [-0.05, 0) is 38.1 Å². The van der Waals surface area contributed by atoms with E-state index in [1.165, 1.54) is 12.1 Å². The summed E-state index contributed by atoms with van der Waals surface area (Å²) in [5, 5.41) is 11.8. The summed E-state index contributed by atoms with van der Waals surface area (Å²) in [6, 6.07) is 6.31. The van der Waals surface area contributed by atoms with E-state index in [1.54, 1.807) is 26.0 Å². The lowest BCUT2D eigenvalue weighted by Crippen LogP contribution is -2.32. The number of benzene rings is 1. The largest absolute Gasteiger partial charge is 0.508 e. The number of aromatic hydroxyl groups is 1. The maximum absolute atomic E-state index is 11.7. The van der Waals surface area contributed by atoms with Crippen LogP contribution in [-0.4, -0.2) is 16.9 Å². The summed E-state index contributed by atoms with van der Waals surface area (Å²) in [4.78, 5) is 11.7. The van der Waals surface area contributed by atoms with Crippen molar-refractivity contribution in [1.82, 2.24) is 0 Å². The first-order valence-corrected chi connectivity index (χ1v) is 5.15. The quantitative estimate of drug-likeness (QED) is 0.616. The fourth-order valence-electron chi connectivity index (χ4n) is 0.906. The Kier molecular flexibility index (Phi) is 3.58. The van der Waals surface area contributed by atoms with Gasteiger partial charge in [0.1, 0.15) is 5.75 Å². The Morgan fingerprint density at radius 3 is 2.40 bits per heavy atom. The van der Waals surface area contributed by atoms with Crippen LogP contribution in [0.3, 0.4) is 0 Å². The minimum absolute atomic E-state index is 0.136. The molecule has 0 heterocycles. The van der Waals surface area contributed by atoms with Gasteiger partial charge in [0.25, 0.3) is 0 Å². The molecule has 0 aliphatic rings. The third-order valence-corrected chi connectivity index (χ3v) is 2.74. The Balaban J connectivity index is 2.71. The highest BCUT2D eigenvalue weighted by Gasteiger charge is 2.26. The van der Waals surface area contributed by atoms with E-state index in [0.29, 0.717) is 5.69 Å². The van der Waals surface area contributed by atoms with Crippen LogP contribution in [0, 0.1) is 5.41 Å². The topological polar surface area (TPSA) is 49.3 Å². The number of carbonyl (C=O) groups is 1. The van der Waals surface area contributed by atoms with Crippen LogP contribution in [0.15, 0.2) is 24.3 Å². The van der Waals surface area contributed by atoms with Gasteiger partial charge in [-0.3, -0.25) is 4.79 Å². The molecule has 0 fully saturated rings. The van der Waals surface area contributed by atoms with Gasteiger partial charge in [0.05, 0.1) is 5.41 Å². The van der Waals surface area contributed by atoms with Gasteiger partial charge in [-0.25, -0.2) is 0 Å². The third-order valence-electron chi connectivity index (χ3n) is 2.07. The molecule has 0 bridgehead atoms. The van der Waals surface area contributed by atoms with E-state index in [2.05, 4.69) is 5.32 Å². The van der Waals surface area contributed by atoms with Crippen LogP contribution < -0.4 is 5.32 Å². The molecule has 0 aromatic heterocycles. The molecular weight excluding hydrogens is 214 g/mol. The Labute approximate surface area is 94.1 Å². The Morgan fingerprint density at radius 1 is 1.40 bits per heavy atom. The van der Waals surface area contributed by atoms with E-state index >= 15 is 0 Å². The fourth-order valence-corrected chi connectivity index (χ4v) is 1.03. The average molecular weight is 228 g/mol. The zero-order chi connectivity index (χ0) is 11.5. The molecule has 4 heteroatoms. The number of rotatable bonds is 3. The van der Waals surface area contributed by atoms with Gasteiger partial charge in [0, 0.05) is 11.6 Å². The molecule has 82 valence electrons. The molecule has 0 radical (unpaired) electrons. The van der Waals surface area contributed by atoms with Gasteiger partial charge in [-0.1, -0.05) is 0 Å². The molecule has 0 aliphatic heterocycles. The molecule has 0 atom stereocenters. The standard InChI is InChI=1S/C11H14ClNO2/c1-11(2,7-12)10(15)13-8-3-5-9(14)6-4-8/h3-6,14H,7H2,1-2H3,(H,13,15). The number of amides is 1. The number of phenols is 1. The summed E-state index contributed by atoms with van der Waals surface area (Å²) < 4.78 is 0. The molecule has 0 unspecified atom stereocenters. The predicted molar refractivity (Wildman–Crippen MR) is 61.2 cm³/mol. The predicted octanol–water partition coefficient (Wildman–Crippen LogP) is 2.60. The molecule has 0 saturated carbocycles. The van der Waals surface area contributed by atoms with Gasteiger partial charge >= 0.3 is 0 Å². The highest BCUT2D eigenvalue weighted by Crippen LogP contribution is 2.21. The second-order valence-electron chi connectivity index (χ2n) is 4.02. The Morgan fingerprint density at radius 2 is 1.93 bits per heavy atom. The number of hydrogen-bond acceptors (Lipinski definition) is 2. The van der Waals surface area contributed by atoms with Gasteiger partial charge < -0.3 is 10.4 Å². The van der Waals surface area contributed by atoms with E-state index in [9.17, 15) is 4.79 Å². The average Bonchev–Trinajstić information content (AvgIpc) is 2.21. The first kappa shape index (κ1) is 11.9. The lowest BCUT2D eigenvalue weighted by atomic mass is 9.95. The lowest BCUT2D eigenvalue weighted by molar-refractivity contribution is -0.122. The van der Waals surface area contributed by atoms with Gasteiger partial charge in [0.15, 0.2) is 0 Å². The maximum atomic E-state index is 11.7. The van der Waals surface area contributed by atoms with Crippen LogP contribution in [0.2, 0.25) is 0 Å². The van der Waals surface area contributed by atoms with E-state index in [1.807, 2.05) is 0 Å².